The van der Waals surface area contributed by atoms with Crippen LogP contribution in [0, 0.1) is 17.2 Å². The van der Waals surface area contributed by atoms with Crippen LogP contribution in [0.15, 0.2) is 151 Å². The van der Waals surface area contributed by atoms with Crippen molar-refractivity contribution in [2.45, 2.75) is 122 Å². The number of nitrogens with zero attached hydrogens (tertiary/aromatic N) is 7. The van der Waals surface area contributed by atoms with Gasteiger partial charge in [-0.05, 0) is 81.2 Å². The lowest BCUT2D eigenvalue weighted by atomic mass is 9.77. The van der Waals surface area contributed by atoms with Gasteiger partial charge < -0.3 is 28.4 Å². The minimum atomic E-state index is -3.81. The summed E-state index contributed by atoms with van der Waals surface area (Å²) in [6.45, 7) is 12.8. The van der Waals surface area contributed by atoms with Crippen LogP contribution in [0.5, 0.6) is 5.88 Å². The molecule has 2 aromatic heterocycles. The molecule has 3 heterocycles. The lowest BCUT2D eigenvalue weighted by molar-refractivity contribution is -0.168. The monoisotopic (exact) mass is 1120 g/mol. The smallest absolute Gasteiger partial charge is 0.425 e. The Bertz CT molecular complexity index is 3100. The van der Waals surface area contributed by atoms with Gasteiger partial charge in [-0.2, -0.15) is 19.8 Å². The number of para-hydroxylation sites is 2. The second-order valence-electron chi connectivity index (χ2n) is 20.5. The Morgan fingerprint density at radius 3 is 1.95 bits per heavy atom. The molecule has 2 N–H and O–H groups in total. The Labute approximate surface area is 474 Å². The quantitative estimate of drug-likeness (QED) is 0.0327. The number of fused-ring (bicyclic) bond motifs is 1. The van der Waals surface area contributed by atoms with E-state index in [2.05, 4.69) is 16.4 Å². The molecule has 2 aliphatic rings. The molecular formula is C61H72N8O11P+. The largest absolute Gasteiger partial charge is 0.454 e. The van der Waals surface area contributed by atoms with Crippen molar-refractivity contribution in [3.63, 3.8) is 0 Å². The zero-order chi connectivity index (χ0) is 57.9. The van der Waals surface area contributed by atoms with E-state index in [1.807, 2.05) is 130 Å². The maximum atomic E-state index is 14.6. The number of esters is 1. The van der Waals surface area contributed by atoms with Crippen molar-refractivity contribution >= 4 is 54.3 Å². The summed E-state index contributed by atoms with van der Waals surface area (Å²) in [5.41, 5.74) is 1.94. The van der Waals surface area contributed by atoms with E-state index >= 15 is 0 Å². The van der Waals surface area contributed by atoms with Gasteiger partial charge in [-0.15, -0.1) is 4.67 Å². The van der Waals surface area contributed by atoms with Crippen LogP contribution in [-0.4, -0.2) is 110 Å². The van der Waals surface area contributed by atoms with Gasteiger partial charge in [0.2, 0.25) is 11.9 Å². The Kier molecular flexibility index (Phi) is 19.6. The molecule has 1 saturated heterocycles. The first kappa shape index (κ1) is 59.9. The minimum absolute atomic E-state index is 0.0124. The SMILES string of the molecule is CCCC(=O)O[C@@H]1[C@H](O[P+](O)(CCC#N)N(C(C)C)C(C)C)[C@@H](COC(C2=CCC(OC)(OC)C=C2)(c2ccccc2)c2ccccc2)O[C@H]1n1cnc2c(OC(=O)N(c3ccccc3)c3ccccc3)nc(NC(=O)C(C)C)nc21. The van der Waals surface area contributed by atoms with Crippen molar-refractivity contribution < 1.29 is 52.2 Å². The second kappa shape index (κ2) is 26.6. The number of aromatic nitrogens is 4. The molecule has 81 heavy (non-hydrogen) atoms. The van der Waals surface area contributed by atoms with E-state index in [0.717, 1.165) is 16.7 Å². The van der Waals surface area contributed by atoms with Crippen LogP contribution in [0.2, 0.25) is 0 Å². The summed E-state index contributed by atoms with van der Waals surface area (Å²) in [5.74, 6) is -3.09. The van der Waals surface area contributed by atoms with E-state index < -0.39 is 67.7 Å². The van der Waals surface area contributed by atoms with Crippen molar-refractivity contribution in [3.05, 3.63) is 163 Å². The number of ether oxygens (including phenoxy) is 6. The normalized spacial score (nSPS) is 18.7. The number of benzene rings is 4. The van der Waals surface area contributed by atoms with Gasteiger partial charge in [0, 0.05) is 45.1 Å². The van der Waals surface area contributed by atoms with Gasteiger partial charge in [0.05, 0.1) is 36.8 Å². The average molecular weight is 1120 g/mol. The predicted molar refractivity (Wildman–Crippen MR) is 308 cm³/mol. The van der Waals surface area contributed by atoms with E-state index in [9.17, 15) is 24.5 Å². The summed E-state index contributed by atoms with van der Waals surface area (Å²) < 4.78 is 49.7. The molecule has 0 saturated carbocycles. The number of methoxy groups -OCH3 is 2. The van der Waals surface area contributed by atoms with Crippen molar-refractivity contribution in [2.24, 2.45) is 5.92 Å². The lowest BCUT2D eigenvalue weighted by Gasteiger charge is -2.40. The van der Waals surface area contributed by atoms with Crippen LogP contribution in [0.3, 0.4) is 0 Å². The highest BCUT2D eigenvalue weighted by atomic mass is 31.2. The third-order valence-electron chi connectivity index (χ3n) is 14.1. The number of nitriles is 1. The Morgan fingerprint density at radius 2 is 1.44 bits per heavy atom. The Hall–Kier alpha value is -7.24. The molecule has 20 heteroatoms. The van der Waals surface area contributed by atoms with E-state index in [0.29, 0.717) is 24.2 Å². The number of amides is 2. The summed E-state index contributed by atoms with van der Waals surface area (Å²) in [6.07, 6.45) is 1.82. The first-order valence-electron chi connectivity index (χ1n) is 27.2. The third-order valence-corrected chi connectivity index (χ3v) is 17.1. The molecule has 2 amide bonds. The van der Waals surface area contributed by atoms with Gasteiger partial charge in [-0.1, -0.05) is 130 Å². The van der Waals surface area contributed by atoms with Gasteiger partial charge in [-0.25, -0.2) is 19.6 Å². The second-order valence-corrected chi connectivity index (χ2v) is 23.0. The molecule has 8 rings (SSSR count). The molecular weight excluding hydrogens is 1050 g/mol. The molecule has 1 aliphatic heterocycles. The Morgan fingerprint density at radius 1 is 0.864 bits per heavy atom. The molecule has 1 aliphatic carbocycles. The molecule has 0 radical (unpaired) electrons. The Balaban J connectivity index is 1.32. The molecule has 426 valence electrons. The molecule has 5 atom stereocenters. The number of imidazole rings is 1. The maximum absolute atomic E-state index is 14.6. The molecule has 0 spiro atoms. The summed E-state index contributed by atoms with van der Waals surface area (Å²) >= 11 is 0. The van der Waals surface area contributed by atoms with E-state index in [1.54, 1.807) is 76.6 Å². The molecule has 4 aromatic carbocycles. The van der Waals surface area contributed by atoms with Gasteiger partial charge >= 0.3 is 19.9 Å². The predicted octanol–water partition coefficient (Wildman–Crippen LogP) is 11.4. The van der Waals surface area contributed by atoms with Crippen LogP contribution in [0.25, 0.3) is 11.2 Å². The van der Waals surface area contributed by atoms with Crippen LogP contribution in [0.1, 0.15) is 91.5 Å². The fourth-order valence-corrected chi connectivity index (χ4v) is 13.2. The van der Waals surface area contributed by atoms with Crippen LogP contribution in [-0.2, 0) is 43.4 Å². The van der Waals surface area contributed by atoms with E-state index in [4.69, 9.17) is 42.9 Å². The molecule has 0 bridgehead atoms. The van der Waals surface area contributed by atoms with Crippen LogP contribution < -0.4 is 15.0 Å². The van der Waals surface area contributed by atoms with Crippen molar-refractivity contribution in [3.8, 4) is 11.9 Å². The number of carbonyl (C=O) groups excluding carboxylic acids is 3. The zero-order valence-electron chi connectivity index (χ0n) is 47.2. The molecule has 1 fully saturated rings. The number of carbonyl (C=O) groups is 3. The number of anilines is 3. The summed E-state index contributed by atoms with van der Waals surface area (Å²) in [5, 5.41) is 12.8. The first-order chi connectivity index (χ1) is 39.0. The molecule has 6 aromatic rings. The van der Waals surface area contributed by atoms with Gasteiger partial charge in [0.25, 0.3) is 5.88 Å². The van der Waals surface area contributed by atoms with E-state index in [1.165, 1.54) is 15.8 Å². The summed E-state index contributed by atoms with van der Waals surface area (Å²) in [7, 11) is -0.649. The highest BCUT2D eigenvalue weighted by molar-refractivity contribution is 7.63. The van der Waals surface area contributed by atoms with Gasteiger partial charge in [-0.3, -0.25) is 19.5 Å². The van der Waals surface area contributed by atoms with E-state index in [-0.39, 0.29) is 60.7 Å². The number of hydrogen-bond acceptors (Lipinski definition) is 16. The standard InChI is InChI=1S/C61H71N8O11P/c1-10-24-50(70)78-53-52(80-81(73,38-23-37-62)69(42(4)5)43(6)7)49(39-76-61(44-25-15-11-16-26-44,45-27-17-12-18-28-45)46-33-35-60(74-8,75-9)36-34-46)77-57(53)67-40-63-51-54(67)64-58(65-55(71)41(2)3)66-56(51)79-59(72)68(47-29-19-13-20-30-47)48-31-21-14-22-32-48/h11-22,25-35,40-43,49,52-53,57,73H,10,23-24,36,38-39H2,1-9H3/p+1/t49-,52-,53-,57-,81?/m1/s1. The fraction of sp³-hybridized carbons (Fsp3) is 0.393. The third kappa shape index (κ3) is 13.1. The van der Waals surface area contributed by atoms with Crippen molar-refractivity contribution in [1.82, 2.24) is 24.2 Å². The first-order valence-corrected chi connectivity index (χ1v) is 29.0. The number of hydrogen-bond donors (Lipinski definition) is 2. The van der Waals surface area contributed by atoms with Crippen LogP contribution in [0.4, 0.5) is 22.1 Å². The summed E-state index contributed by atoms with van der Waals surface area (Å²) in [6, 6.07) is 39.0. The summed E-state index contributed by atoms with van der Waals surface area (Å²) in [4.78, 5) is 70.9. The van der Waals surface area contributed by atoms with Gasteiger partial charge in [0.1, 0.15) is 17.9 Å². The topological polar surface area (TPSA) is 222 Å². The highest BCUT2D eigenvalue weighted by Crippen LogP contribution is 2.64. The molecule has 19 nitrogen and oxygen atoms in total. The average Bonchev–Trinajstić information content (AvgIpc) is 4.07. The highest BCUT2D eigenvalue weighted by Gasteiger charge is 2.60. The number of nitrogens with one attached hydrogen (secondary N) is 1. The van der Waals surface area contributed by atoms with Gasteiger partial charge in [0.15, 0.2) is 35.4 Å². The minimum Gasteiger partial charge on any atom is -0.454 e. The van der Waals surface area contributed by atoms with Crippen molar-refractivity contribution in [2.75, 3.05) is 37.2 Å². The zero-order valence-corrected chi connectivity index (χ0v) is 48.1. The van der Waals surface area contributed by atoms with Crippen molar-refractivity contribution in [1.29, 1.82) is 5.26 Å². The maximum Gasteiger partial charge on any atom is 0.425 e. The fourth-order valence-electron chi connectivity index (χ4n) is 10.3. The molecule has 1 unspecified atom stereocenters. The lowest BCUT2D eigenvalue weighted by Crippen LogP contribution is -2.46. The van der Waals surface area contributed by atoms with Crippen LogP contribution >= 0.6 is 7.87 Å². The number of rotatable bonds is 24.